The Labute approximate surface area is 102 Å². The lowest BCUT2D eigenvalue weighted by molar-refractivity contribution is 0.154. The first-order valence-electron chi connectivity index (χ1n) is 6.02. The molecule has 1 unspecified atom stereocenters. The molecule has 1 aromatic rings. The van der Waals surface area contributed by atoms with Gasteiger partial charge in [0.25, 0.3) is 0 Å². The number of aryl methyl sites for hydroxylation is 1. The number of piperidine rings is 1. The zero-order chi connectivity index (χ0) is 12.4. The Hall–Kier alpha value is -1.36. The van der Waals surface area contributed by atoms with Gasteiger partial charge < -0.3 is 14.9 Å². The van der Waals surface area contributed by atoms with E-state index in [1.54, 1.807) is 0 Å². The zero-order valence-corrected chi connectivity index (χ0v) is 10.7. The average Bonchev–Trinajstić information content (AvgIpc) is 2.28. The fourth-order valence-electron chi connectivity index (χ4n) is 2.09. The Bertz CT molecular complexity index is 394. The van der Waals surface area contributed by atoms with Crippen LogP contribution in [0.1, 0.15) is 18.7 Å². The highest BCUT2D eigenvalue weighted by atomic mass is 16.3. The SMILES string of the molecule is Cc1nc(N(C)C)cc(N2CCCC(O)C2)n1. The van der Waals surface area contributed by atoms with Crippen molar-refractivity contribution in [2.45, 2.75) is 25.9 Å². The molecular weight excluding hydrogens is 216 g/mol. The molecule has 0 saturated carbocycles. The van der Waals surface area contributed by atoms with E-state index in [-0.39, 0.29) is 6.10 Å². The molecule has 0 aliphatic carbocycles. The van der Waals surface area contributed by atoms with Crippen molar-refractivity contribution >= 4 is 11.6 Å². The van der Waals surface area contributed by atoms with Gasteiger partial charge in [-0.25, -0.2) is 9.97 Å². The quantitative estimate of drug-likeness (QED) is 0.823. The van der Waals surface area contributed by atoms with Gasteiger partial charge in [-0.3, -0.25) is 0 Å². The van der Waals surface area contributed by atoms with Crippen LogP contribution in [0.25, 0.3) is 0 Å². The van der Waals surface area contributed by atoms with E-state index in [0.717, 1.165) is 36.8 Å². The van der Waals surface area contributed by atoms with Crippen LogP contribution >= 0.6 is 0 Å². The molecule has 17 heavy (non-hydrogen) atoms. The molecular formula is C12H20N4O. The number of hydrogen-bond acceptors (Lipinski definition) is 5. The Kier molecular flexibility index (Phi) is 3.47. The number of aliphatic hydroxyl groups is 1. The van der Waals surface area contributed by atoms with Crippen LogP contribution in [0.4, 0.5) is 11.6 Å². The smallest absolute Gasteiger partial charge is 0.134 e. The van der Waals surface area contributed by atoms with E-state index >= 15 is 0 Å². The van der Waals surface area contributed by atoms with Gasteiger partial charge in [0.1, 0.15) is 17.5 Å². The van der Waals surface area contributed by atoms with Crippen molar-refractivity contribution in [2.24, 2.45) is 0 Å². The molecule has 1 aliphatic heterocycles. The summed E-state index contributed by atoms with van der Waals surface area (Å²) in [4.78, 5) is 12.9. The molecule has 5 heteroatoms. The molecule has 0 aromatic carbocycles. The van der Waals surface area contributed by atoms with Crippen LogP contribution < -0.4 is 9.80 Å². The molecule has 94 valence electrons. The number of rotatable bonds is 2. The fraction of sp³-hybridized carbons (Fsp3) is 0.667. The monoisotopic (exact) mass is 236 g/mol. The summed E-state index contributed by atoms with van der Waals surface area (Å²) in [7, 11) is 3.94. The minimum absolute atomic E-state index is 0.234. The minimum atomic E-state index is -0.234. The molecule has 1 saturated heterocycles. The van der Waals surface area contributed by atoms with E-state index < -0.39 is 0 Å². The summed E-state index contributed by atoms with van der Waals surface area (Å²) < 4.78 is 0. The Balaban J connectivity index is 2.25. The van der Waals surface area contributed by atoms with E-state index in [1.165, 1.54) is 0 Å². The van der Waals surface area contributed by atoms with Gasteiger partial charge >= 0.3 is 0 Å². The van der Waals surface area contributed by atoms with Gasteiger partial charge in [-0.15, -0.1) is 0 Å². The van der Waals surface area contributed by atoms with E-state index in [0.29, 0.717) is 6.54 Å². The molecule has 0 radical (unpaired) electrons. The lowest BCUT2D eigenvalue weighted by atomic mass is 10.1. The molecule has 1 aliphatic rings. The molecule has 1 fully saturated rings. The standard InChI is InChI=1S/C12H20N4O/c1-9-13-11(15(2)3)7-12(14-9)16-6-4-5-10(17)8-16/h7,10,17H,4-6,8H2,1-3H3. The lowest BCUT2D eigenvalue weighted by Crippen LogP contribution is -2.38. The number of aromatic nitrogens is 2. The predicted molar refractivity (Wildman–Crippen MR) is 68.5 cm³/mol. The molecule has 2 heterocycles. The number of hydrogen-bond donors (Lipinski definition) is 1. The molecule has 0 spiro atoms. The molecule has 2 rings (SSSR count). The van der Waals surface area contributed by atoms with Crippen LogP contribution in [-0.4, -0.2) is 48.4 Å². The topological polar surface area (TPSA) is 52.5 Å². The Morgan fingerprint density at radius 2 is 2.18 bits per heavy atom. The first kappa shape index (κ1) is 12.1. The second-order valence-electron chi connectivity index (χ2n) is 4.77. The van der Waals surface area contributed by atoms with Crippen molar-refractivity contribution in [1.82, 2.24) is 9.97 Å². The number of aliphatic hydroxyl groups excluding tert-OH is 1. The van der Waals surface area contributed by atoms with Gasteiger partial charge in [-0.1, -0.05) is 0 Å². The highest BCUT2D eigenvalue weighted by molar-refractivity contribution is 5.50. The summed E-state index contributed by atoms with van der Waals surface area (Å²) in [6, 6.07) is 1.98. The van der Waals surface area contributed by atoms with Gasteiger partial charge in [0, 0.05) is 33.3 Å². The normalized spacial score (nSPS) is 20.5. The van der Waals surface area contributed by atoms with E-state index in [4.69, 9.17) is 0 Å². The van der Waals surface area contributed by atoms with Gasteiger partial charge in [0.15, 0.2) is 0 Å². The second-order valence-corrected chi connectivity index (χ2v) is 4.77. The molecule has 0 amide bonds. The third-order valence-corrected chi connectivity index (χ3v) is 2.99. The Morgan fingerprint density at radius 3 is 2.82 bits per heavy atom. The predicted octanol–water partition coefficient (Wildman–Crippen LogP) is 0.812. The molecule has 1 aromatic heterocycles. The van der Waals surface area contributed by atoms with Crippen LogP contribution in [0.5, 0.6) is 0 Å². The van der Waals surface area contributed by atoms with Crippen molar-refractivity contribution in [3.63, 3.8) is 0 Å². The highest BCUT2D eigenvalue weighted by Gasteiger charge is 2.19. The van der Waals surface area contributed by atoms with Gasteiger partial charge in [0.2, 0.25) is 0 Å². The largest absolute Gasteiger partial charge is 0.391 e. The van der Waals surface area contributed by atoms with E-state index in [1.807, 2.05) is 32.0 Å². The van der Waals surface area contributed by atoms with Gasteiger partial charge in [0.05, 0.1) is 6.10 Å². The summed E-state index contributed by atoms with van der Waals surface area (Å²) in [5, 5.41) is 9.69. The van der Waals surface area contributed by atoms with Crippen LogP contribution in [0, 0.1) is 6.92 Å². The highest BCUT2D eigenvalue weighted by Crippen LogP contribution is 2.21. The maximum atomic E-state index is 9.69. The van der Waals surface area contributed by atoms with Gasteiger partial charge in [-0.2, -0.15) is 0 Å². The van der Waals surface area contributed by atoms with Crippen molar-refractivity contribution in [1.29, 1.82) is 0 Å². The van der Waals surface area contributed by atoms with Crippen LogP contribution in [-0.2, 0) is 0 Å². The third-order valence-electron chi connectivity index (χ3n) is 2.99. The van der Waals surface area contributed by atoms with Crippen LogP contribution in [0.15, 0.2) is 6.07 Å². The minimum Gasteiger partial charge on any atom is -0.391 e. The fourth-order valence-corrected chi connectivity index (χ4v) is 2.09. The van der Waals surface area contributed by atoms with Crippen molar-refractivity contribution in [3.8, 4) is 0 Å². The summed E-state index contributed by atoms with van der Waals surface area (Å²) in [6.07, 6.45) is 1.67. The molecule has 1 atom stereocenters. The van der Waals surface area contributed by atoms with E-state index in [2.05, 4.69) is 14.9 Å². The Morgan fingerprint density at radius 1 is 1.41 bits per heavy atom. The first-order chi connectivity index (χ1) is 8.06. The summed E-state index contributed by atoms with van der Waals surface area (Å²) in [6.45, 7) is 3.53. The summed E-state index contributed by atoms with van der Waals surface area (Å²) in [5.41, 5.74) is 0. The van der Waals surface area contributed by atoms with Crippen molar-refractivity contribution in [2.75, 3.05) is 37.0 Å². The molecule has 5 nitrogen and oxygen atoms in total. The maximum absolute atomic E-state index is 9.69. The van der Waals surface area contributed by atoms with E-state index in [9.17, 15) is 5.11 Å². The first-order valence-corrected chi connectivity index (χ1v) is 6.02. The number of anilines is 2. The average molecular weight is 236 g/mol. The van der Waals surface area contributed by atoms with Crippen molar-refractivity contribution < 1.29 is 5.11 Å². The molecule has 0 bridgehead atoms. The number of β-amino-alcohol motifs (C(OH)–C–C–N with tert-alkyl or cyclic N) is 1. The lowest BCUT2D eigenvalue weighted by Gasteiger charge is -2.31. The summed E-state index contributed by atoms with van der Waals surface area (Å²) >= 11 is 0. The third kappa shape index (κ3) is 2.85. The van der Waals surface area contributed by atoms with Crippen molar-refractivity contribution in [3.05, 3.63) is 11.9 Å². The van der Waals surface area contributed by atoms with Crippen LogP contribution in [0.3, 0.4) is 0 Å². The number of nitrogens with zero attached hydrogens (tertiary/aromatic N) is 4. The maximum Gasteiger partial charge on any atom is 0.134 e. The summed E-state index contributed by atoms with van der Waals surface area (Å²) in [5.74, 6) is 2.60. The molecule has 1 N–H and O–H groups in total. The van der Waals surface area contributed by atoms with Gasteiger partial charge in [-0.05, 0) is 19.8 Å². The van der Waals surface area contributed by atoms with Crippen LogP contribution in [0.2, 0.25) is 0 Å². The zero-order valence-electron chi connectivity index (χ0n) is 10.7. The second kappa shape index (κ2) is 4.87.